The van der Waals surface area contributed by atoms with Crippen molar-refractivity contribution in [3.8, 4) is 11.5 Å². The van der Waals surface area contributed by atoms with Crippen molar-refractivity contribution in [2.24, 2.45) is 0 Å². The summed E-state index contributed by atoms with van der Waals surface area (Å²) in [6.07, 6.45) is 2.42. The lowest BCUT2D eigenvalue weighted by Gasteiger charge is -2.25. The molecule has 0 fully saturated rings. The van der Waals surface area contributed by atoms with Gasteiger partial charge >= 0.3 is 0 Å². The summed E-state index contributed by atoms with van der Waals surface area (Å²) in [5, 5.41) is 6.48. The molecule has 0 unspecified atom stereocenters. The van der Waals surface area contributed by atoms with Crippen LogP contribution in [0, 0.1) is 5.82 Å². The summed E-state index contributed by atoms with van der Waals surface area (Å²) in [5.41, 5.74) is 3.14. The number of carbonyl (C=O) groups excluding carboxylic acids is 2. The van der Waals surface area contributed by atoms with Crippen LogP contribution in [0.25, 0.3) is 10.9 Å². The normalized spacial score (nSPS) is 11.4. The number of nitrogens with zero attached hydrogens (tertiary/aromatic N) is 1. The van der Waals surface area contributed by atoms with E-state index in [1.54, 1.807) is 44.7 Å². The van der Waals surface area contributed by atoms with Crippen molar-refractivity contribution >= 4 is 28.4 Å². The summed E-state index contributed by atoms with van der Waals surface area (Å²) in [7, 11) is 4.68. The molecule has 0 bridgehead atoms. The molecule has 9 heteroatoms. The fourth-order valence-corrected chi connectivity index (χ4v) is 4.74. The summed E-state index contributed by atoms with van der Waals surface area (Å²) in [6.45, 7) is 5.67. The second-order valence-electron chi connectivity index (χ2n) is 10.4. The first-order chi connectivity index (χ1) is 19.7. The van der Waals surface area contributed by atoms with Crippen LogP contribution in [0.2, 0.25) is 0 Å². The Morgan fingerprint density at radius 2 is 1.63 bits per heavy atom. The quantitative estimate of drug-likeness (QED) is 0.228. The van der Waals surface area contributed by atoms with Gasteiger partial charge in [0.05, 0.1) is 26.4 Å². The summed E-state index contributed by atoms with van der Waals surface area (Å²) < 4.78 is 31.6. The minimum absolute atomic E-state index is 0.249. The highest BCUT2D eigenvalue weighted by atomic mass is 19.1. The minimum atomic E-state index is -0.388. The summed E-state index contributed by atoms with van der Waals surface area (Å²) in [5.74, 6) is 0.133. The molecule has 3 aromatic carbocycles. The first-order valence-corrected chi connectivity index (χ1v) is 13.4. The number of anilines is 1. The molecule has 0 aliphatic heterocycles. The number of nitrogens with one attached hydrogen (secondary N) is 2. The summed E-state index contributed by atoms with van der Waals surface area (Å²) >= 11 is 0. The zero-order valence-corrected chi connectivity index (χ0v) is 24.0. The van der Waals surface area contributed by atoms with E-state index in [4.69, 9.17) is 14.2 Å². The largest absolute Gasteiger partial charge is 0.493 e. The van der Waals surface area contributed by atoms with Gasteiger partial charge in [-0.3, -0.25) is 9.59 Å². The third-order valence-corrected chi connectivity index (χ3v) is 7.23. The summed E-state index contributed by atoms with van der Waals surface area (Å²) in [4.78, 5) is 25.9. The van der Waals surface area contributed by atoms with Gasteiger partial charge in [-0.05, 0) is 65.9 Å². The first-order valence-electron chi connectivity index (χ1n) is 13.4. The number of benzene rings is 3. The molecule has 0 saturated carbocycles. The molecule has 1 heterocycles. The predicted octanol–water partition coefficient (Wildman–Crippen LogP) is 5.79. The average Bonchev–Trinajstić information content (AvgIpc) is 3.33. The van der Waals surface area contributed by atoms with Crippen LogP contribution in [0.1, 0.15) is 46.5 Å². The van der Waals surface area contributed by atoms with Gasteiger partial charge in [0, 0.05) is 48.5 Å². The Labute approximate surface area is 239 Å². The summed E-state index contributed by atoms with van der Waals surface area (Å²) in [6, 6.07) is 17.1. The van der Waals surface area contributed by atoms with Gasteiger partial charge in [0.25, 0.3) is 11.8 Å². The maximum Gasteiger partial charge on any atom is 0.255 e. The van der Waals surface area contributed by atoms with Crippen molar-refractivity contribution in [2.75, 3.05) is 39.8 Å². The number of methoxy groups -OCH3 is 3. The van der Waals surface area contributed by atoms with Crippen LogP contribution in [0.15, 0.2) is 66.9 Å². The van der Waals surface area contributed by atoms with Crippen LogP contribution in [-0.2, 0) is 16.7 Å². The van der Waals surface area contributed by atoms with Gasteiger partial charge in [-0.2, -0.15) is 0 Å². The van der Waals surface area contributed by atoms with Crippen molar-refractivity contribution in [3.63, 3.8) is 0 Å². The van der Waals surface area contributed by atoms with E-state index in [9.17, 15) is 14.0 Å². The van der Waals surface area contributed by atoms with E-state index in [0.717, 1.165) is 11.1 Å². The van der Waals surface area contributed by atoms with Gasteiger partial charge in [-0.1, -0.05) is 26.0 Å². The lowest BCUT2D eigenvalue weighted by atomic mass is 9.81. The Balaban J connectivity index is 1.37. The van der Waals surface area contributed by atoms with E-state index in [1.165, 1.54) is 19.2 Å². The second kappa shape index (κ2) is 12.9. The molecule has 0 aliphatic rings. The molecule has 0 saturated heterocycles. The lowest BCUT2D eigenvalue weighted by Crippen LogP contribution is -2.29. The number of amides is 2. The molecule has 0 atom stereocenters. The van der Waals surface area contributed by atoms with Crippen molar-refractivity contribution in [2.45, 2.75) is 32.2 Å². The highest BCUT2D eigenvalue weighted by Gasteiger charge is 2.22. The van der Waals surface area contributed by atoms with Gasteiger partial charge in [0.15, 0.2) is 11.5 Å². The van der Waals surface area contributed by atoms with Crippen molar-refractivity contribution in [3.05, 3.63) is 89.4 Å². The molecule has 8 nitrogen and oxygen atoms in total. The van der Waals surface area contributed by atoms with Crippen LogP contribution >= 0.6 is 0 Å². The van der Waals surface area contributed by atoms with Gasteiger partial charge in [0.1, 0.15) is 5.82 Å². The van der Waals surface area contributed by atoms with E-state index in [1.807, 2.05) is 28.8 Å². The Morgan fingerprint density at radius 1 is 0.902 bits per heavy atom. The van der Waals surface area contributed by atoms with Crippen molar-refractivity contribution in [1.82, 2.24) is 9.88 Å². The number of halogens is 1. The maximum atomic E-state index is 14.0. The van der Waals surface area contributed by atoms with E-state index in [-0.39, 0.29) is 23.0 Å². The smallest absolute Gasteiger partial charge is 0.255 e. The zero-order chi connectivity index (χ0) is 29.6. The fraction of sp³-hybridized carbons (Fsp3) is 0.312. The van der Waals surface area contributed by atoms with Crippen LogP contribution in [0.3, 0.4) is 0 Å². The first kappa shape index (κ1) is 29.6. The van der Waals surface area contributed by atoms with E-state index in [2.05, 4.69) is 24.5 Å². The molecular formula is C32H36FN3O5. The number of fused-ring (bicyclic) bond motifs is 1. The third-order valence-electron chi connectivity index (χ3n) is 7.23. The Kier molecular flexibility index (Phi) is 9.29. The zero-order valence-electron chi connectivity index (χ0n) is 24.0. The van der Waals surface area contributed by atoms with E-state index >= 15 is 0 Å². The number of aromatic nitrogens is 1. The maximum absolute atomic E-state index is 14.0. The predicted molar refractivity (Wildman–Crippen MR) is 158 cm³/mol. The highest BCUT2D eigenvalue weighted by Crippen LogP contribution is 2.30. The van der Waals surface area contributed by atoms with Gasteiger partial charge < -0.3 is 29.4 Å². The molecule has 4 rings (SSSR count). The number of rotatable bonds is 12. The number of ether oxygens (including phenoxy) is 3. The third kappa shape index (κ3) is 6.86. The fourth-order valence-electron chi connectivity index (χ4n) is 4.74. The standard InChI is InChI=1S/C32H36FN3O5/c1-32(2,14-15-34-31(38)26-20-36(16-17-39-3)27-12-9-23(33)19-25(26)27)22-7-10-24(11-8-22)35-30(37)21-6-13-28(40-4)29(18-21)41-5/h6-13,18-20H,14-17H2,1-5H3,(H,34,38)(H,35,37). The van der Waals surface area contributed by atoms with E-state index in [0.29, 0.717) is 59.8 Å². The van der Waals surface area contributed by atoms with Crippen LogP contribution in [0.4, 0.5) is 10.1 Å². The Hall–Kier alpha value is -4.37. The van der Waals surface area contributed by atoms with Crippen molar-refractivity contribution in [1.29, 1.82) is 0 Å². The highest BCUT2D eigenvalue weighted by molar-refractivity contribution is 6.07. The van der Waals surface area contributed by atoms with Crippen molar-refractivity contribution < 1.29 is 28.2 Å². The number of carbonyl (C=O) groups is 2. The number of hydrogen-bond acceptors (Lipinski definition) is 5. The monoisotopic (exact) mass is 561 g/mol. The second-order valence-corrected chi connectivity index (χ2v) is 10.4. The van der Waals surface area contributed by atoms with Crippen LogP contribution in [0.5, 0.6) is 11.5 Å². The topological polar surface area (TPSA) is 90.8 Å². The molecular weight excluding hydrogens is 525 g/mol. The molecule has 4 aromatic rings. The van der Waals surface area contributed by atoms with Crippen LogP contribution < -0.4 is 20.1 Å². The minimum Gasteiger partial charge on any atom is -0.493 e. The van der Waals surface area contributed by atoms with E-state index < -0.39 is 0 Å². The SMILES string of the molecule is COCCn1cc(C(=O)NCCC(C)(C)c2ccc(NC(=O)c3ccc(OC)c(OC)c3)cc2)c2cc(F)ccc21. The molecule has 41 heavy (non-hydrogen) atoms. The van der Waals surface area contributed by atoms with Gasteiger partial charge in [-0.25, -0.2) is 4.39 Å². The average molecular weight is 562 g/mol. The molecule has 0 radical (unpaired) electrons. The molecule has 2 amide bonds. The molecule has 0 spiro atoms. The Bertz CT molecular complexity index is 1530. The molecule has 2 N–H and O–H groups in total. The molecule has 216 valence electrons. The molecule has 0 aliphatic carbocycles. The lowest BCUT2D eigenvalue weighted by molar-refractivity contribution is 0.0951. The van der Waals surface area contributed by atoms with Gasteiger partial charge in [-0.15, -0.1) is 0 Å². The van der Waals surface area contributed by atoms with Crippen LogP contribution in [-0.4, -0.2) is 50.9 Å². The van der Waals surface area contributed by atoms with Gasteiger partial charge in [0.2, 0.25) is 0 Å². The molecule has 1 aromatic heterocycles. The Morgan fingerprint density at radius 3 is 2.32 bits per heavy atom. The number of hydrogen-bond donors (Lipinski definition) is 2.